The maximum atomic E-state index is 6.28. The summed E-state index contributed by atoms with van der Waals surface area (Å²) in [4.78, 5) is 2.59. The molecule has 1 aromatic carbocycles. The molecule has 21 heavy (non-hydrogen) atoms. The summed E-state index contributed by atoms with van der Waals surface area (Å²) >= 11 is 6.28. The summed E-state index contributed by atoms with van der Waals surface area (Å²) in [6.45, 7) is 4.31. The molecule has 3 rings (SSSR count). The van der Waals surface area contributed by atoms with Crippen LogP contribution in [0.25, 0.3) is 0 Å². The summed E-state index contributed by atoms with van der Waals surface area (Å²) in [5, 5.41) is 4.50. The van der Waals surface area contributed by atoms with Crippen LogP contribution in [0.2, 0.25) is 5.02 Å². The number of hydrogen-bond acceptors (Lipinski definition) is 2. The SMILES string of the molecule is CCN(c1cc(Cl)ccc1CNC1CC1)C1CCCCC1. The molecule has 0 heterocycles. The molecule has 0 saturated heterocycles. The second-order valence-electron chi connectivity index (χ2n) is 6.51. The Morgan fingerprint density at radius 2 is 1.90 bits per heavy atom. The molecule has 116 valence electrons. The summed E-state index contributed by atoms with van der Waals surface area (Å²) in [5.74, 6) is 0. The smallest absolute Gasteiger partial charge is 0.0429 e. The van der Waals surface area contributed by atoms with Crippen molar-refractivity contribution in [3.05, 3.63) is 28.8 Å². The van der Waals surface area contributed by atoms with Crippen molar-refractivity contribution >= 4 is 17.3 Å². The molecule has 0 radical (unpaired) electrons. The highest BCUT2D eigenvalue weighted by Gasteiger charge is 2.24. The van der Waals surface area contributed by atoms with Gasteiger partial charge in [-0.3, -0.25) is 0 Å². The molecular weight excluding hydrogens is 280 g/mol. The third kappa shape index (κ3) is 3.92. The average molecular weight is 307 g/mol. The summed E-state index contributed by atoms with van der Waals surface area (Å²) in [6.07, 6.45) is 9.48. The highest BCUT2D eigenvalue weighted by atomic mass is 35.5. The minimum atomic E-state index is 0.696. The third-order valence-electron chi connectivity index (χ3n) is 4.87. The van der Waals surface area contributed by atoms with Crippen molar-refractivity contribution in [3.8, 4) is 0 Å². The first-order valence-corrected chi connectivity index (χ1v) is 8.94. The Bertz CT molecular complexity index is 464. The zero-order valence-corrected chi connectivity index (χ0v) is 13.8. The van der Waals surface area contributed by atoms with Crippen LogP contribution in [-0.2, 0) is 6.54 Å². The number of anilines is 1. The third-order valence-corrected chi connectivity index (χ3v) is 5.11. The Hall–Kier alpha value is -0.730. The Balaban J connectivity index is 1.80. The van der Waals surface area contributed by atoms with Crippen LogP contribution in [-0.4, -0.2) is 18.6 Å². The van der Waals surface area contributed by atoms with E-state index in [1.807, 2.05) is 6.07 Å². The van der Waals surface area contributed by atoms with E-state index >= 15 is 0 Å². The van der Waals surface area contributed by atoms with E-state index in [9.17, 15) is 0 Å². The molecule has 0 amide bonds. The number of nitrogens with zero attached hydrogens (tertiary/aromatic N) is 1. The van der Waals surface area contributed by atoms with Crippen LogP contribution in [0.3, 0.4) is 0 Å². The first-order valence-electron chi connectivity index (χ1n) is 8.56. The summed E-state index contributed by atoms with van der Waals surface area (Å²) in [5.41, 5.74) is 2.75. The van der Waals surface area contributed by atoms with Gasteiger partial charge in [0.25, 0.3) is 0 Å². The standard InChI is InChI=1S/C18H27ClN2/c1-2-21(17-6-4-3-5-7-17)18-12-15(19)9-8-14(18)13-20-16-10-11-16/h8-9,12,16-17,20H,2-7,10-11,13H2,1H3. The largest absolute Gasteiger partial charge is 0.369 e. The molecule has 1 aromatic rings. The molecule has 2 aliphatic rings. The zero-order valence-electron chi connectivity index (χ0n) is 13.1. The van der Waals surface area contributed by atoms with Gasteiger partial charge in [0.05, 0.1) is 0 Å². The van der Waals surface area contributed by atoms with E-state index in [1.54, 1.807) is 0 Å². The molecule has 2 saturated carbocycles. The number of rotatable bonds is 6. The molecule has 0 aliphatic heterocycles. The Morgan fingerprint density at radius 1 is 1.14 bits per heavy atom. The van der Waals surface area contributed by atoms with E-state index < -0.39 is 0 Å². The molecule has 0 atom stereocenters. The fraction of sp³-hybridized carbons (Fsp3) is 0.667. The maximum absolute atomic E-state index is 6.28. The van der Waals surface area contributed by atoms with Crippen molar-refractivity contribution in [2.45, 2.75) is 70.5 Å². The molecule has 2 aliphatic carbocycles. The molecular formula is C18H27ClN2. The summed E-state index contributed by atoms with van der Waals surface area (Å²) in [7, 11) is 0. The van der Waals surface area contributed by atoms with Crippen LogP contribution < -0.4 is 10.2 Å². The molecule has 0 bridgehead atoms. The summed E-state index contributed by atoms with van der Waals surface area (Å²) < 4.78 is 0. The van der Waals surface area contributed by atoms with Gasteiger partial charge in [0.15, 0.2) is 0 Å². The van der Waals surface area contributed by atoms with Gasteiger partial charge < -0.3 is 10.2 Å². The van der Waals surface area contributed by atoms with Crippen LogP contribution in [0, 0.1) is 0 Å². The van der Waals surface area contributed by atoms with Gasteiger partial charge in [0, 0.05) is 35.9 Å². The normalized spacial score (nSPS) is 19.7. The number of nitrogens with one attached hydrogen (secondary N) is 1. The first kappa shape index (κ1) is 15.2. The molecule has 2 nitrogen and oxygen atoms in total. The lowest BCUT2D eigenvalue weighted by Crippen LogP contribution is -2.37. The minimum Gasteiger partial charge on any atom is -0.369 e. The van der Waals surface area contributed by atoms with Gasteiger partial charge >= 0.3 is 0 Å². The lowest BCUT2D eigenvalue weighted by molar-refractivity contribution is 0.417. The van der Waals surface area contributed by atoms with Crippen LogP contribution in [0.15, 0.2) is 18.2 Å². The number of hydrogen-bond donors (Lipinski definition) is 1. The highest BCUT2D eigenvalue weighted by Crippen LogP contribution is 2.32. The summed E-state index contributed by atoms with van der Waals surface area (Å²) in [6, 6.07) is 7.85. The Labute approximate surface area is 133 Å². The van der Waals surface area contributed by atoms with Gasteiger partial charge in [-0.05, 0) is 50.3 Å². The van der Waals surface area contributed by atoms with E-state index in [2.05, 4.69) is 29.3 Å². The van der Waals surface area contributed by atoms with Crippen molar-refractivity contribution in [3.63, 3.8) is 0 Å². The molecule has 0 unspecified atom stereocenters. The second kappa shape index (κ2) is 7.02. The predicted octanol–water partition coefficient (Wildman–Crippen LogP) is 4.75. The van der Waals surface area contributed by atoms with Gasteiger partial charge in [-0.15, -0.1) is 0 Å². The van der Waals surface area contributed by atoms with Gasteiger partial charge in [-0.25, -0.2) is 0 Å². The average Bonchev–Trinajstić information content (AvgIpc) is 3.33. The molecule has 0 aromatic heterocycles. The van der Waals surface area contributed by atoms with Crippen LogP contribution >= 0.6 is 11.6 Å². The number of halogens is 1. The molecule has 1 N–H and O–H groups in total. The molecule has 2 fully saturated rings. The predicted molar refractivity (Wildman–Crippen MR) is 91.2 cm³/mol. The van der Waals surface area contributed by atoms with Gasteiger partial charge in [-0.2, -0.15) is 0 Å². The first-order chi connectivity index (χ1) is 10.3. The fourth-order valence-electron chi connectivity index (χ4n) is 3.51. The lowest BCUT2D eigenvalue weighted by atomic mass is 9.93. The van der Waals surface area contributed by atoms with Crippen molar-refractivity contribution in [2.75, 3.05) is 11.4 Å². The molecule has 3 heteroatoms. The van der Waals surface area contributed by atoms with Crippen molar-refractivity contribution in [2.24, 2.45) is 0 Å². The van der Waals surface area contributed by atoms with Gasteiger partial charge in [-0.1, -0.05) is 36.9 Å². The Kier molecular flexibility index (Phi) is 5.07. The highest BCUT2D eigenvalue weighted by molar-refractivity contribution is 6.30. The van der Waals surface area contributed by atoms with E-state index in [-0.39, 0.29) is 0 Å². The van der Waals surface area contributed by atoms with Crippen molar-refractivity contribution in [1.29, 1.82) is 0 Å². The quantitative estimate of drug-likeness (QED) is 0.816. The number of benzene rings is 1. The maximum Gasteiger partial charge on any atom is 0.0429 e. The second-order valence-corrected chi connectivity index (χ2v) is 6.94. The van der Waals surface area contributed by atoms with Crippen molar-refractivity contribution in [1.82, 2.24) is 5.32 Å². The zero-order chi connectivity index (χ0) is 14.7. The van der Waals surface area contributed by atoms with E-state index in [0.29, 0.717) is 6.04 Å². The van der Waals surface area contributed by atoms with Crippen molar-refractivity contribution < 1.29 is 0 Å². The van der Waals surface area contributed by atoms with E-state index in [4.69, 9.17) is 11.6 Å². The van der Waals surface area contributed by atoms with E-state index in [0.717, 1.165) is 24.2 Å². The fourth-order valence-corrected chi connectivity index (χ4v) is 3.68. The Morgan fingerprint density at radius 3 is 2.57 bits per heavy atom. The van der Waals surface area contributed by atoms with Gasteiger partial charge in [0.1, 0.15) is 0 Å². The topological polar surface area (TPSA) is 15.3 Å². The molecule has 0 spiro atoms. The lowest BCUT2D eigenvalue weighted by Gasteiger charge is -2.36. The minimum absolute atomic E-state index is 0.696. The van der Waals surface area contributed by atoms with E-state index in [1.165, 1.54) is 56.2 Å². The monoisotopic (exact) mass is 306 g/mol. The van der Waals surface area contributed by atoms with Crippen LogP contribution in [0.4, 0.5) is 5.69 Å². The van der Waals surface area contributed by atoms with Crippen LogP contribution in [0.5, 0.6) is 0 Å². The van der Waals surface area contributed by atoms with Crippen LogP contribution in [0.1, 0.15) is 57.4 Å². The van der Waals surface area contributed by atoms with Gasteiger partial charge in [0.2, 0.25) is 0 Å².